The Morgan fingerprint density at radius 3 is 2.32 bits per heavy atom. The fourth-order valence-corrected chi connectivity index (χ4v) is 3.45. The monoisotopic (exact) mass is 305 g/mol. The molecule has 1 rings (SSSR count). The van der Waals surface area contributed by atoms with E-state index < -0.39 is 14.8 Å². The number of non-ortho nitro benzene ring substituents is 1. The molecule has 0 aliphatic rings. The third-order valence-electron chi connectivity index (χ3n) is 2.89. The first kappa shape index (κ1) is 15.9. The van der Waals surface area contributed by atoms with Crippen LogP contribution in [-0.4, -0.2) is 25.0 Å². The lowest BCUT2D eigenvalue weighted by Crippen LogP contribution is -2.10. The number of nitrogens with zero attached hydrogens (tertiary/aromatic N) is 1. The van der Waals surface area contributed by atoms with Gasteiger partial charge in [-0.3, -0.25) is 10.1 Å². The number of halogens is 1. The second-order valence-corrected chi connectivity index (χ2v) is 6.93. The van der Waals surface area contributed by atoms with Gasteiger partial charge < -0.3 is 0 Å². The molecule has 0 aliphatic carbocycles. The molecule has 0 saturated heterocycles. The Hall–Kier alpha value is -1.14. The fourth-order valence-electron chi connectivity index (χ4n) is 1.58. The van der Waals surface area contributed by atoms with Gasteiger partial charge in [0.15, 0.2) is 9.84 Å². The molecule has 0 heterocycles. The van der Waals surface area contributed by atoms with Crippen LogP contribution in [0.3, 0.4) is 0 Å². The maximum absolute atomic E-state index is 12.0. The van der Waals surface area contributed by atoms with Crippen LogP contribution in [0.25, 0.3) is 0 Å². The molecule has 0 bridgehead atoms. The van der Waals surface area contributed by atoms with E-state index >= 15 is 0 Å². The first-order chi connectivity index (χ1) is 8.86. The van der Waals surface area contributed by atoms with Gasteiger partial charge in [0, 0.05) is 18.0 Å². The number of nitro benzene ring substituents is 1. The van der Waals surface area contributed by atoms with Crippen LogP contribution in [0.1, 0.15) is 19.8 Å². The Balaban J connectivity index is 2.74. The highest BCUT2D eigenvalue weighted by atomic mass is 35.5. The summed E-state index contributed by atoms with van der Waals surface area (Å²) in [6.07, 6.45) is 1.31. The molecular formula is C12H16ClNO4S. The molecule has 0 N–H and O–H groups in total. The smallest absolute Gasteiger partial charge is 0.258 e. The number of nitro groups is 1. The van der Waals surface area contributed by atoms with Gasteiger partial charge in [-0.15, -0.1) is 11.6 Å². The van der Waals surface area contributed by atoms with E-state index in [1.807, 2.05) is 6.92 Å². The summed E-state index contributed by atoms with van der Waals surface area (Å²) in [7, 11) is -3.38. The quantitative estimate of drug-likeness (QED) is 0.441. The Morgan fingerprint density at radius 1 is 1.26 bits per heavy atom. The topological polar surface area (TPSA) is 77.3 Å². The molecule has 7 heteroatoms. The van der Waals surface area contributed by atoms with Crippen molar-refractivity contribution in [2.24, 2.45) is 5.92 Å². The average Bonchev–Trinajstić information content (AvgIpc) is 2.37. The van der Waals surface area contributed by atoms with Gasteiger partial charge in [0.2, 0.25) is 0 Å². The lowest BCUT2D eigenvalue weighted by molar-refractivity contribution is -0.384. The molecule has 5 nitrogen and oxygen atoms in total. The molecule has 0 aliphatic heterocycles. The van der Waals surface area contributed by atoms with Crippen LogP contribution in [0.15, 0.2) is 29.2 Å². The van der Waals surface area contributed by atoms with Crippen LogP contribution in [0, 0.1) is 16.0 Å². The van der Waals surface area contributed by atoms with E-state index in [1.165, 1.54) is 24.3 Å². The standard InChI is InChI=1S/C12H16ClNO4S/c1-10(6-8-13)7-9-19(17,18)12-4-2-11(3-5-12)14(15)16/h2-5,10H,6-9H2,1H3. The third kappa shape index (κ3) is 4.80. The number of rotatable bonds is 7. The van der Waals surface area contributed by atoms with E-state index in [1.54, 1.807) is 0 Å². The molecule has 19 heavy (non-hydrogen) atoms. The second kappa shape index (κ2) is 6.86. The van der Waals surface area contributed by atoms with Crippen molar-refractivity contribution in [3.8, 4) is 0 Å². The fraction of sp³-hybridized carbons (Fsp3) is 0.500. The largest absolute Gasteiger partial charge is 0.269 e. The van der Waals surface area contributed by atoms with E-state index in [0.29, 0.717) is 12.3 Å². The molecule has 106 valence electrons. The van der Waals surface area contributed by atoms with Crippen molar-refractivity contribution in [3.05, 3.63) is 34.4 Å². The van der Waals surface area contributed by atoms with Gasteiger partial charge in [0.1, 0.15) is 0 Å². The molecule has 1 atom stereocenters. The number of benzene rings is 1. The summed E-state index contributed by atoms with van der Waals surface area (Å²) < 4.78 is 24.0. The zero-order valence-corrected chi connectivity index (χ0v) is 12.2. The van der Waals surface area contributed by atoms with Crippen LogP contribution in [0.4, 0.5) is 5.69 Å². The predicted octanol–water partition coefficient (Wildman–Crippen LogP) is 3.02. The van der Waals surface area contributed by atoms with Gasteiger partial charge in [0.25, 0.3) is 5.69 Å². The Bertz CT molecular complexity index is 527. The van der Waals surface area contributed by atoms with E-state index in [4.69, 9.17) is 11.6 Å². The number of alkyl halides is 1. The lowest BCUT2D eigenvalue weighted by Gasteiger charge is -2.09. The van der Waals surface area contributed by atoms with Gasteiger partial charge in [-0.2, -0.15) is 0 Å². The van der Waals surface area contributed by atoms with E-state index in [0.717, 1.165) is 6.42 Å². The minimum atomic E-state index is -3.38. The van der Waals surface area contributed by atoms with Crippen LogP contribution in [0.2, 0.25) is 0 Å². The molecule has 1 unspecified atom stereocenters. The minimum Gasteiger partial charge on any atom is -0.258 e. The molecule has 0 spiro atoms. The van der Waals surface area contributed by atoms with Crippen molar-refractivity contribution < 1.29 is 13.3 Å². The summed E-state index contributed by atoms with van der Waals surface area (Å²) in [4.78, 5) is 10.1. The molecular weight excluding hydrogens is 290 g/mol. The summed E-state index contributed by atoms with van der Waals surface area (Å²) in [5.74, 6) is 0.784. The maximum Gasteiger partial charge on any atom is 0.269 e. The number of hydrogen-bond donors (Lipinski definition) is 0. The Morgan fingerprint density at radius 2 is 1.84 bits per heavy atom. The van der Waals surface area contributed by atoms with Crippen LogP contribution in [-0.2, 0) is 9.84 Å². The van der Waals surface area contributed by atoms with E-state index in [2.05, 4.69) is 0 Å². The molecule has 0 aromatic heterocycles. The van der Waals surface area contributed by atoms with Gasteiger partial charge in [-0.25, -0.2) is 8.42 Å². The summed E-state index contributed by atoms with van der Waals surface area (Å²) in [6.45, 7) is 1.95. The first-order valence-corrected chi connectivity index (χ1v) is 8.08. The van der Waals surface area contributed by atoms with Gasteiger partial charge in [-0.05, 0) is 30.9 Å². The van der Waals surface area contributed by atoms with Crippen molar-refractivity contribution >= 4 is 27.1 Å². The Labute approximate surface area is 117 Å². The summed E-state index contributed by atoms with van der Waals surface area (Å²) >= 11 is 5.60. The molecule has 0 amide bonds. The average molecular weight is 306 g/mol. The normalized spacial score (nSPS) is 13.2. The second-order valence-electron chi connectivity index (χ2n) is 4.44. The van der Waals surface area contributed by atoms with Gasteiger partial charge >= 0.3 is 0 Å². The van der Waals surface area contributed by atoms with Crippen molar-refractivity contribution in [2.45, 2.75) is 24.7 Å². The van der Waals surface area contributed by atoms with Crippen molar-refractivity contribution in [3.63, 3.8) is 0 Å². The van der Waals surface area contributed by atoms with E-state index in [9.17, 15) is 18.5 Å². The van der Waals surface area contributed by atoms with Gasteiger partial charge in [-0.1, -0.05) is 6.92 Å². The first-order valence-electron chi connectivity index (χ1n) is 5.90. The molecule has 0 saturated carbocycles. The Kier molecular flexibility index (Phi) is 5.75. The van der Waals surface area contributed by atoms with Gasteiger partial charge in [0.05, 0.1) is 15.6 Å². The van der Waals surface area contributed by atoms with Crippen molar-refractivity contribution in [1.82, 2.24) is 0 Å². The van der Waals surface area contributed by atoms with Crippen LogP contribution >= 0.6 is 11.6 Å². The number of sulfone groups is 1. The number of hydrogen-bond acceptors (Lipinski definition) is 4. The zero-order valence-electron chi connectivity index (χ0n) is 10.6. The highest BCUT2D eigenvalue weighted by Gasteiger charge is 2.17. The van der Waals surface area contributed by atoms with Crippen molar-refractivity contribution in [1.29, 1.82) is 0 Å². The van der Waals surface area contributed by atoms with Crippen molar-refractivity contribution in [2.75, 3.05) is 11.6 Å². The van der Waals surface area contributed by atoms with Crippen LogP contribution in [0.5, 0.6) is 0 Å². The zero-order chi connectivity index (χ0) is 14.5. The molecule has 0 fully saturated rings. The molecule has 1 aromatic rings. The lowest BCUT2D eigenvalue weighted by atomic mass is 10.1. The summed E-state index contributed by atoms with van der Waals surface area (Å²) in [5.41, 5.74) is -0.116. The summed E-state index contributed by atoms with van der Waals surface area (Å²) in [6, 6.07) is 4.96. The van der Waals surface area contributed by atoms with E-state index in [-0.39, 0.29) is 22.3 Å². The molecule has 0 radical (unpaired) electrons. The summed E-state index contributed by atoms with van der Waals surface area (Å²) in [5, 5.41) is 10.5. The highest BCUT2D eigenvalue weighted by Crippen LogP contribution is 2.19. The SMILES string of the molecule is CC(CCCl)CCS(=O)(=O)c1ccc([N+](=O)[O-])cc1. The predicted molar refractivity (Wildman–Crippen MR) is 74.3 cm³/mol. The minimum absolute atomic E-state index is 0.0306. The highest BCUT2D eigenvalue weighted by molar-refractivity contribution is 7.91. The molecule has 1 aromatic carbocycles. The maximum atomic E-state index is 12.0. The third-order valence-corrected chi connectivity index (χ3v) is 4.87. The van der Waals surface area contributed by atoms with Crippen LogP contribution < -0.4 is 0 Å².